The molecule has 73 heavy (non-hydrogen) atoms. The van der Waals surface area contributed by atoms with Gasteiger partial charge in [0.05, 0.1) is 27.4 Å². The van der Waals surface area contributed by atoms with Crippen LogP contribution < -0.4 is 43.0 Å². The Labute approximate surface area is 420 Å². The lowest BCUT2D eigenvalue weighted by atomic mass is 9.99. The van der Waals surface area contributed by atoms with Crippen molar-refractivity contribution >= 4 is 91.8 Å². The van der Waals surface area contributed by atoms with Crippen LogP contribution in [0.15, 0.2) is 125 Å². The van der Waals surface area contributed by atoms with E-state index in [1.807, 2.05) is 6.92 Å². The van der Waals surface area contributed by atoms with Gasteiger partial charge in [-0.15, -0.1) is 0 Å². The third-order valence-corrected chi connectivity index (χ3v) is 11.4. The molecule has 0 fully saturated rings. The number of anilines is 6. The van der Waals surface area contributed by atoms with Crippen LogP contribution in [0.1, 0.15) is 26.3 Å². The highest BCUT2D eigenvalue weighted by molar-refractivity contribution is 6.33. The zero-order chi connectivity index (χ0) is 52.7. The second-order valence-corrected chi connectivity index (χ2v) is 16.9. The second kappa shape index (κ2) is 22.4. The number of hydrogen-bond donors (Lipinski definition) is 6. The molecular formula is C52H47ClF3N11O6. The number of hydrogen-bond acceptors (Lipinski definition) is 8. The molecule has 17 nitrogen and oxygen atoms in total. The van der Waals surface area contributed by atoms with Crippen LogP contribution in [0.25, 0.3) is 44.1 Å². The monoisotopic (exact) mass is 1010 g/mol. The van der Waals surface area contributed by atoms with Gasteiger partial charge in [-0.2, -0.15) is 0 Å². The molecule has 0 radical (unpaired) electrons. The van der Waals surface area contributed by atoms with Crippen LogP contribution in [-0.4, -0.2) is 62.1 Å². The maximum Gasteiger partial charge on any atom is 0.323 e. The molecule has 8 rings (SSSR count). The summed E-state index contributed by atoms with van der Waals surface area (Å²) in [5.41, 5.74) is 2.55. The number of carbonyl (C=O) groups is 4. The van der Waals surface area contributed by atoms with Crippen LogP contribution >= 0.6 is 11.6 Å². The maximum atomic E-state index is 14.7. The first-order valence-corrected chi connectivity index (χ1v) is 22.8. The first-order valence-electron chi connectivity index (χ1n) is 22.4. The molecule has 7 amide bonds. The van der Waals surface area contributed by atoms with Crippen molar-refractivity contribution in [1.29, 1.82) is 0 Å². The van der Waals surface area contributed by atoms with E-state index < -0.39 is 29.5 Å². The number of halogens is 4. The van der Waals surface area contributed by atoms with Gasteiger partial charge in [-0.1, -0.05) is 35.9 Å². The Morgan fingerprint density at radius 1 is 0.589 bits per heavy atom. The molecule has 4 aromatic heterocycles. The molecule has 0 saturated carbocycles. The van der Waals surface area contributed by atoms with E-state index in [9.17, 15) is 41.9 Å². The molecule has 0 aliphatic carbocycles. The Kier molecular flexibility index (Phi) is 15.9. The van der Waals surface area contributed by atoms with E-state index in [-0.39, 0.29) is 62.1 Å². The molecule has 4 aromatic carbocycles. The average molecular weight is 1010 g/mol. The standard InChI is InChI=1S/C26H24ClFN6O3.C26H23F2N5O3/c1-4-34-22-13-23(32-26(37)33(2)3)29-14-15(22)10-18(24(34)35)17-11-21(20(28)12-19(17)27)31-25(36)30-16-8-6-5-7-9-16;1-4-33-23-12-24(30-15(3)34)29-13-16(23)9-20(25(33)35)19-11-22(21(28)8-14(19)2)32-26(36)31-18-7-5-6-17(27)10-18/h5-14H,4H2,1-3H3,(H,29,32,37)(H2,30,31,36);5-13H,4H2,1-3H3,(H,29,30,34)(H2,31,32,36). The van der Waals surface area contributed by atoms with E-state index in [2.05, 4.69) is 41.9 Å². The number of para-hydroxylation sites is 1. The number of amides is 7. The van der Waals surface area contributed by atoms with Gasteiger partial charge in [-0.25, -0.2) is 37.5 Å². The first-order chi connectivity index (χ1) is 34.8. The topological polar surface area (TPSA) is 213 Å². The molecule has 0 saturated heterocycles. The molecule has 0 atom stereocenters. The Balaban J connectivity index is 0.000000214. The van der Waals surface area contributed by atoms with Crippen LogP contribution in [0.5, 0.6) is 0 Å². The molecule has 0 bridgehead atoms. The SMILES string of the molecule is CCn1c(=O)c(-c2cc(NC(=O)Nc3cccc(F)c3)c(F)cc2C)cc2cnc(NC(C)=O)cc21.CCn1c(=O)c(-c2cc(NC(=O)Nc3ccccc3)c(F)cc2Cl)cc2cnc(NC(=O)N(C)C)cc21. The summed E-state index contributed by atoms with van der Waals surface area (Å²) in [5, 5.41) is 16.5. The van der Waals surface area contributed by atoms with Gasteiger partial charge < -0.3 is 40.6 Å². The van der Waals surface area contributed by atoms with E-state index in [0.29, 0.717) is 63.1 Å². The summed E-state index contributed by atoms with van der Waals surface area (Å²) in [6.45, 7) is 7.29. The van der Waals surface area contributed by atoms with Gasteiger partial charge >= 0.3 is 18.1 Å². The van der Waals surface area contributed by atoms with Gasteiger partial charge in [0, 0.05) is 97.5 Å². The predicted octanol–water partition coefficient (Wildman–Crippen LogP) is 10.9. The number of aryl methyl sites for hydroxylation is 3. The molecule has 374 valence electrons. The molecular weight excluding hydrogens is 967 g/mol. The second-order valence-electron chi connectivity index (χ2n) is 16.5. The molecule has 8 aromatic rings. The lowest BCUT2D eigenvalue weighted by Gasteiger charge is -2.16. The lowest BCUT2D eigenvalue weighted by molar-refractivity contribution is -0.114. The molecule has 0 aliphatic rings. The Morgan fingerprint density at radius 2 is 1.10 bits per heavy atom. The minimum Gasteiger partial charge on any atom is -0.331 e. The van der Waals surface area contributed by atoms with Crippen molar-refractivity contribution in [1.82, 2.24) is 24.0 Å². The molecule has 6 N–H and O–H groups in total. The number of pyridine rings is 4. The van der Waals surface area contributed by atoms with Crippen LogP contribution in [0.3, 0.4) is 0 Å². The molecule has 0 spiro atoms. The summed E-state index contributed by atoms with van der Waals surface area (Å²) < 4.78 is 45.9. The fourth-order valence-corrected chi connectivity index (χ4v) is 7.92. The van der Waals surface area contributed by atoms with Crippen molar-refractivity contribution in [3.8, 4) is 22.3 Å². The van der Waals surface area contributed by atoms with Crippen molar-refractivity contribution in [3.63, 3.8) is 0 Å². The summed E-state index contributed by atoms with van der Waals surface area (Å²) in [6, 6.07) is 23.7. The van der Waals surface area contributed by atoms with Crippen LogP contribution in [0, 0.1) is 24.4 Å². The predicted molar refractivity (Wildman–Crippen MR) is 279 cm³/mol. The Morgan fingerprint density at radius 3 is 1.63 bits per heavy atom. The number of fused-ring (bicyclic) bond motifs is 2. The number of aromatic nitrogens is 4. The number of nitrogens with zero attached hydrogens (tertiary/aromatic N) is 5. The lowest BCUT2D eigenvalue weighted by Crippen LogP contribution is -2.28. The minimum atomic E-state index is -0.770. The highest BCUT2D eigenvalue weighted by Crippen LogP contribution is 2.34. The van der Waals surface area contributed by atoms with Crippen molar-refractivity contribution in [2.24, 2.45) is 0 Å². The Bertz CT molecular complexity index is 3590. The fraction of sp³-hybridized carbons (Fsp3) is 0.154. The highest BCUT2D eigenvalue weighted by Gasteiger charge is 2.20. The average Bonchev–Trinajstić information content (AvgIpc) is 3.33. The summed E-state index contributed by atoms with van der Waals surface area (Å²) >= 11 is 6.35. The molecule has 4 heterocycles. The van der Waals surface area contributed by atoms with Crippen molar-refractivity contribution in [3.05, 3.63) is 164 Å². The number of urea groups is 3. The summed E-state index contributed by atoms with van der Waals surface area (Å²) in [5.74, 6) is -1.65. The summed E-state index contributed by atoms with van der Waals surface area (Å²) in [7, 11) is 3.21. The normalized spacial score (nSPS) is 10.8. The van der Waals surface area contributed by atoms with Crippen LogP contribution in [0.4, 0.5) is 61.9 Å². The van der Waals surface area contributed by atoms with E-state index in [0.717, 1.165) is 12.1 Å². The zero-order valence-corrected chi connectivity index (χ0v) is 40.8. The minimum absolute atomic E-state index is 0.00782. The van der Waals surface area contributed by atoms with Gasteiger partial charge in [-0.3, -0.25) is 19.7 Å². The summed E-state index contributed by atoms with van der Waals surface area (Å²) in [6.07, 6.45) is 3.07. The zero-order valence-electron chi connectivity index (χ0n) is 40.1. The third-order valence-electron chi connectivity index (χ3n) is 11.1. The fourth-order valence-electron chi connectivity index (χ4n) is 7.66. The van der Waals surface area contributed by atoms with Crippen LogP contribution in [0.2, 0.25) is 5.02 Å². The van der Waals surface area contributed by atoms with Crippen molar-refractivity contribution in [2.45, 2.75) is 40.8 Å². The molecule has 0 aliphatic heterocycles. The third kappa shape index (κ3) is 12.1. The highest BCUT2D eigenvalue weighted by atomic mass is 35.5. The van der Waals surface area contributed by atoms with Gasteiger partial charge in [-0.05, 0) is 98.6 Å². The van der Waals surface area contributed by atoms with Crippen molar-refractivity contribution in [2.75, 3.05) is 46.0 Å². The van der Waals surface area contributed by atoms with E-state index in [1.165, 1.54) is 63.6 Å². The van der Waals surface area contributed by atoms with Gasteiger partial charge in [0.15, 0.2) is 0 Å². The number of rotatable bonds is 10. The smallest absolute Gasteiger partial charge is 0.323 e. The van der Waals surface area contributed by atoms with Gasteiger partial charge in [0.2, 0.25) is 5.91 Å². The largest absolute Gasteiger partial charge is 0.331 e. The molecule has 0 unspecified atom stereocenters. The quantitative estimate of drug-likeness (QED) is 0.0773. The van der Waals surface area contributed by atoms with Gasteiger partial charge in [0.25, 0.3) is 11.1 Å². The van der Waals surface area contributed by atoms with E-state index in [1.54, 1.807) is 88.7 Å². The number of nitrogens with one attached hydrogen (secondary N) is 6. The van der Waals surface area contributed by atoms with Gasteiger partial charge in [0.1, 0.15) is 29.1 Å². The van der Waals surface area contributed by atoms with Crippen molar-refractivity contribution < 1.29 is 32.3 Å². The van der Waals surface area contributed by atoms with E-state index >= 15 is 0 Å². The first kappa shape index (κ1) is 51.8. The Hall–Kier alpha value is -9.04. The van der Waals surface area contributed by atoms with Crippen LogP contribution in [-0.2, 0) is 17.9 Å². The maximum absolute atomic E-state index is 14.7. The van der Waals surface area contributed by atoms with E-state index in [4.69, 9.17) is 11.6 Å². The summed E-state index contributed by atoms with van der Waals surface area (Å²) in [4.78, 5) is 85.0. The molecule has 21 heteroatoms. The number of benzene rings is 4. The number of carbonyl (C=O) groups excluding carboxylic acids is 4.